The van der Waals surface area contributed by atoms with E-state index >= 15 is 0 Å². The summed E-state index contributed by atoms with van der Waals surface area (Å²) in [6, 6.07) is 9.53. The Morgan fingerprint density at radius 3 is 2.70 bits per heavy atom. The van der Waals surface area contributed by atoms with Crippen LogP contribution in [0, 0.1) is 16.7 Å². The molecule has 0 aliphatic carbocycles. The van der Waals surface area contributed by atoms with Crippen molar-refractivity contribution >= 4 is 11.8 Å². The first-order valence-corrected chi connectivity index (χ1v) is 9.71. The summed E-state index contributed by atoms with van der Waals surface area (Å²) in [5, 5.41) is 9.24. The minimum Gasteiger partial charge on any atom is -0.347 e. The normalized spacial score (nSPS) is 20.7. The van der Waals surface area contributed by atoms with E-state index in [0.29, 0.717) is 19.6 Å². The summed E-state index contributed by atoms with van der Waals surface area (Å²) in [6.07, 6.45) is 2.72. The fourth-order valence-corrected chi connectivity index (χ4v) is 4.03. The van der Waals surface area contributed by atoms with Crippen LogP contribution < -0.4 is 5.73 Å². The van der Waals surface area contributed by atoms with Crippen molar-refractivity contribution in [2.75, 3.05) is 13.1 Å². The van der Waals surface area contributed by atoms with E-state index in [2.05, 4.69) is 23.9 Å². The van der Waals surface area contributed by atoms with Crippen LogP contribution in [0.1, 0.15) is 44.2 Å². The Labute approximate surface area is 160 Å². The van der Waals surface area contributed by atoms with Gasteiger partial charge in [-0.3, -0.25) is 9.59 Å². The number of hydrogen-bond acceptors (Lipinski definition) is 3. The maximum atomic E-state index is 12.9. The second kappa shape index (κ2) is 7.69. The van der Waals surface area contributed by atoms with E-state index in [1.807, 2.05) is 30.9 Å². The molecule has 2 heterocycles. The molecule has 6 heteroatoms. The van der Waals surface area contributed by atoms with Crippen molar-refractivity contribution < 1.29 is 15.3 Å². The molecule has 6 nitrogen and oxygen atoms in total. The Bertz CT molecular complexity index is 768. The maximum Gasteiger partial charge on any atom is 0.282 e. The molecule has 1 fully saturated rings. The fourth-order valence-electron chi connectivity index (χ4n) is 4.03. The van der Waals surface area contributed by atoms with E-state index < -0.39 is 11.5 Å². The fraction of sp³-hybridized carbons (Fsp3) is 0.571. The summed E-state index contributed by atoms with van der Waals surface area (Å²) in [5.41, 5.74) is 6.03. The van der Waals surface area contributed by atoms with Gasteiger partial charge in [0.15, 0.2) is 6.04 Å². The van der Waals surface area contributed by atoms with E-state index in [1.54, 1.807) is 4.90 Å². The highest BCUT2D eigenvalue weighted by molar-refractivity contribution is 5.84. The van der Waals surface area contributed by atoms with Gasteiger partial charge in [0.2, 0.25) is 5.91 Å². The molecule has 1 aromatic carbocycles. The predicted octanol–water partition coefficient (Wildman–Crippen LogP) is 1.11. The quantitative estimate of drug-likeness (QED) is 0.862. The van der Waals surface area contributed by atoms with Crippen molar-refractivity contribution in [1.29, 1.82) is 5.26 Å². The summed E-state index contributed by atoms with van der Waals surface area (Å²) in [4.78, 5) is 29.3. The molecule has 0 bridgehead atoms. The first-order chi connectivity index (χ1) is 12.8. The van der Waals surface area contributed by atoms with Crippen molar-refractivity contribution in [2.24, 2.45) is 5.41 Å². The Balaban J connectivity index is 1.64. The lowest BCUT2D eigenvalue weighted by Crippen LogP contribution is -2.74. The maximum absolute atomic E-state index is 12.9. The van der Waals surface area contributed by atoms with Crippen LogP contribution in [-0.4, -0.2) is 46.8 Å². The SMILES string of the molecule is CC(C)(CC(=O)N1CCc2ccccc2C1)[C@H]([NH3+])C(=O)N1CCC[C@H]1C#N. The number of amides is 2. The Kier molecular flexibility index (Phi) is 5.52. The van der Waals surface area contributed by atoms with Crippen LogP contribution >= 0.6 is 0 Å². The summed E-state index contributed by atoms with van der Waals surface area (Å²) < 4.78 is 0. The Morgan fingerprint density at radius 2 is 2.00 bits per heavy atom. The molecule has 0 aromatic heterocycles. The zero-order valence-electron chi connectivity index (χ0n) is 16.3. The molecule has 144 valence electrons. The number of fused-ring (bicyclic) bond motifs is 1. The van der Waals surface area contributed by atoms with E-state index in [1.165, 1.54) is 11.1 Å². The number of quaternary nitrogens is 1. The first kappa shape index (κ1) is 19.4. The van der Waals surface area contributed by atoms with E-state index in [0.717, 1.165) is 19.3 Å². The minimum absolute atomic E-state index is 0.0641. The molecule has 3 rings (SSSR count). The number of nitrogens with zero attached hydrogens (tertiary/aromatic N) is 3. The molecule has 1 saturated heterocycles. The van der Waals surface area contributed by atoms with Crippen LogP contribution in [0.25, 0.3) is 0 Å². The third-order valence-electron chi connectivity index (χ3n) is 6.02. The average molecular weight is 369 g/mol. The Morgan fingerprint density at radius 1 is 1.30 bits per heavy atom. The van der Waals surface area contributed by atoms with Crippen LogP contribution in [-0.2, 0) is 22.6 Å². The Hall–Kier alpha value is -2.39. The highest BCUT2D eigenvalue weighted by Crippen LogP contribution is 2.29. The first-order valence-electron chi connectivity index (χ1n) is 9.71. The molecule has 2 atom stereocenters. The number of rotatable bonds is 4. The smallest absolute Gasteiger partial charge is 0.282 e. The topological polar surface area (TPSA) is 92.1 Å². The van der Waals surface area contributed by atoms with Crippen LogP contribution in [0.4, 0.5) is 0 Å². The van der Waals surface area contributed by atoms with Gasteiger partial charge in [-0.1, -0.05) is 38.1 Å². The standard InChI is InChI=1S/C21H28N4O2/c1-21(2,19(23)20(27)25-10-5-8-17(25)13-22)12-18(26)24-11-9-15-6-3-4-7-16(15)14-24/h3-4,6-7,17,19H,5,8-12,14,23H2,1-2H3/p+1/t17-,19+/m0/s1. The van der Waals surface area contributed by atoms with Crippen LogP contribution in [0.5, 0.6) is 0 Å². The molecule has 0 unspecified atom stereocenters. The third kappa shape index (κ3) is 3.98. The molecule has 0 saturated carbocycles. The van der Waals surface area contributed by atoms with Crippen LogP contribution in [0.2, 0.25) is 0 Å². The van der Waals surface area contributed by atoms with Crippen LogP contribution in [0.15, 0.2) is 24.3 Å². The lowest BCUT2D eigenvalue weighted by atomic mass is 9.80. The molecule has 0 spiro atoms. The zero-order valence-corrected chi connectivity index (χ0v) is 16.3. The number of carbonyl (C=O) groups excluding carboxylic acids is 2. The van der Waals surface area contributed by atoms with Crippen molar-refractivity contribution in [3.05, 3.63) is 35.4 Å². The third-order valence-corrected chi connectivity index (χ3v) is 6.02. The number of nitriles is 1. The van der Waals surface area contributed by atoms with Crippen LogP contribution in [0.3, 0.4) is 0 Å². The highest BCUT2D eigenvalue weighted by Gasteiger charge is 2.43. The number of hydrogen-bond donors (Lipinski definition) is 1. The van der Waals surface area contributed by atoms with Gasteiger partial charge in [0, 0.05) is 31.5 Å². The number of carbonyl (C=O) groups is 2. The molecular weight excluding hydrogens is 340 g/mol. The summed E-state index contributed by atoms with van der Waals surface area (Å²) in [6.45, 7) is 5.80. The van der Waals surface area contributed by atoms with Gasteiger partial charge in [-0.15, -0.1) is 0 Å². The molecule has 27 heavy (non-hydrogen) atoms. The molecule has 0 radical (unpaired) electrons. The largest absolute Gasteiger partial charge is 0.347 e. The van der Waals surface area contributed by atoms with Gasteiger partial charge < -0.3 is 15.5 Å². The van der Waals surface area contributed by atoms with Gasteiger partial charge in [-0.05, 0) is 30.4 Å². The molecule has 2 aliphatic heterocycles. The van der Waals surface area contributed by atoms with Gasteiger partial charge in [-0.25, -0.2) is 0 Å². The van der Waals surface area contributed by atoms with Crippen molar-refractivity contribution in [2.45, 2.75) is 58.2 Å². The van der Waals surface area contributed by atoms with Gasteiger partial charge in [0.25, 0.3) is 5.91 Å². The lowest BCUT2D eigenvalue weighted by Gasteiger charge is -2.34. The summed E-state index contributed by atoms with van der Waals surface area (Å²) in [7, 11) is 0. The second-order valence-corrected chi connectivity index (χ2v) is 8.37. The highest BCUT2D eigenvalue weighted by atomic mass is 16.2. The molecule has 2 aliphatic rings. The zero-order chi connectivity index (χ0) is 19.6. The number of likely N-dealkylation sites (tertiary alicyclic amines) is 1. The van der Waals surface area contributed by atoms with E-state index in [9.17, 15) is 14.9 Å². The van der Waals surface area contributed by atoms with Gasteiger partial charge in [-0.2, -0.15) is 5.26 Å². The van der Waals surface area contributed by atoms with Crippen molar-refractivity contribution in [3.8, 4) is 6.07 Å². The molecular formula is C21H29N4O2+. The van der Waals surface area contributed by atoms with E-state index in [-0.39, 0.29) is 24.3 Å². The molecule has 1 aromatic rings. The van der Waals surface area contributed by atoms with Gasteiger partial charge in [0.1, 0.15) is 6.04 Å². The summed E-state index contributed by atoms with van der Waals surface area (Å²) in [5.74, 6) is -0.0463. The van der Waals surface area contributed by atoms with E-state index in [4.69, 9.17) is 0 Å². The molecule has 3 N–H and O–H groups in total. The predicted molar refractivity (Wildman–Crippen MR) is 101 cm³/mol. The average Bonchev–Trinajstić information content (AvgIpc) is 3.14. The number of benzene rings is 1. The molecule has 2 amide bonds. The van der Waals surface area contributed by atoms with Crippen molar-refractivity contribution in [1.82, 2.24) is 9.80 Å². The minimum atomic E-state index is -0.562. The summed E-state index contributed by atoms with van der Waals surface area (Å²) >= 11 is 0. The van der Waals surface area contributed by atoms with Gasteiger partial charge >= 0.3 is 0 Å². The van der Waals surface area contributed by atoms with Gasteiger partial charge in [0.05, 0.1) is 6.07 Å². The lowest BCUT2D eigenvalue weighted by molar-refractivity contribution is -0.429. The van der Waals surface area contributed by atoms with Crippen molar-refractivity contribution in [3.63, 3.8) is 0 Å². The monoisotopic (exact) mass is 369 g/mol. The second-order valence-electron chi connectivity index (χ2n) is 8.37.